The molecule has 1 aliphatic heterocycles. The second kappa shape index (κ2) is 3.09. The summed E-state index contributed by atoms with van der Waals surface area (Å²) in [5.74, 6) is 0.0162. The second-order valence-corrected chi connectivity index (χ2v) is 3.06. The third-order valence-electron chi connectivity index (χ3n) is 1.63. The fourth-order valence-corrected chi connectivity index (χ4v) is 1.46. The third-order valence-corrected chi connectivity index (χ3v) is 2.02. The average Bonchev–Trinajstić information content (AvgIpc) is 2.30. The Morgan fingerprint density at radius 3 is 3.00 bits per heavy atom. The van der Waals surface area contributed by atoms with Crippen molar-refractivity contribution in [1.29, 1.82) is 5.26 Å². The Morgan fingerprint density at radius 1 is 1.90 bits per heavy atom. The first-order chi connectivity index (χ1) is 4.77. The predicted molar refractivity (Wildman–Crippen MR) is 43.7 cm³/mol. The van der Waals surface area contributed by atoms with Gasteiger partial charge in [-0.3, -0.25) is 9.66 Å². The minimum atomic E-state index is 0.0162. The van der Waals surface area contributed by atoms with Gasteiger partial charge in [-0.2, -0.15) is 5.26 Å². The molecule has 4 heteroatoms. The lowest BCUT2D eigenvalue weighted by Crippen LogP contribution is -2.08. The first-order valence-corrected chi connectivity index (χ1v) is 3.64. The first-order valence-electron chi connectivity index (χ1n) is 3.12. The van der Waals surface area contributed by atoms with E-state index in [1.54, 1.807) is 7.05 Å². The molecular formula is C6H10N3P. The molecule has 0 aliphatic carbocycles. The summed E-state index contributed by atoms with van der Waals surface area (Å²) >= 11 is 0. The molecule has 10 heavy (non-hydrogen) atoms. The zero-order chi connectivity index (χ0) is 7.56. The molecule has 0 aromatic carbocycles. The van der Waals surface area contributed by atoms with Crippen LogP contribution >= 0.6 is 9.39 Å². The van der Waals surface area contributed by atoms with Gasteiger partial charge in [0.2, 0.25) is 0 Å². The van der Waals surface area contributed by atoms with Crippen molar-refractivity contribution in [3.8, 4) is 6.07 Å². The number of aliphatic imine (C=N–C) groups is 1. The molecule has 54 valence electrons. The number of nitriles is 1. The number of hydrogen-bond donors (Lipinski definition) is 0. The van der Waals surface area contributed by atoms with Gasteiger partial charge in [0.15, 0.2) is 0 Å². The van der Waals surface area contributed by atoms with Crippen LogP contribution in [0.5, 0.6) is 0 Å². The Labute approximate surface area is 63.0 Å². The van der Waals surface area contributed by atoms with E-state index in [1.807, 2.05) is 4.67 Å². The van der Waals surface area contributed by atoms with Gasteiger partial charge in [-0.15, -0.1) is 0 Å². The SMILES string of the molecule is C/N=C1\CN(P)CC1C#N. The maximum atomic E-state index is 8.62. The van der Waals surface area contributed by atoms with Crippen LogP contribution in [-0.2, 0) is 0 Å². The number of rotatable bonds is 0. The zero-order valence-corrected chi connectivity index (χ0v) is 7.07. The Kier molecular flexibility index (Phi) is 2.37. The van der Waals surface area contributed by atoms with Crippen LogP contribution < -0.4 is 0 Å². The van der Waals surface area contributed by atoms with Gasteiger partial charge < -0.3 is 0 Å². The van der Waals surface area contributed by atoms with Crippen molar-refractivity contribution in [2.24, 2.45) is 10.9 Å². The molecule has 2 atom stereocenters. The molecule has 0 N–H and O–H groups in total. The van der Waals surface area contributed by atoms with E-state index in [0.717, 1.165) is 18.8 Å². The minimum absolute atomic E-state index is 0.0162. The van der Waals surface area contributed by atoms with Crippen LogP contribution in [0.15, 0.2) is 4.99 Å². The molecule has 1 heterocycles. The van der Waals surface area contributed by atoms with Crippen LogP contribution in [-0.4, -0.2) is 30.5 Å². The second-order valence-electron chi connectivity index (χ2n) is 2.33. The molecule has 0 spiro atoms. The normalized spacial score (nSPS) is 30.9. The Balaban J connectivity index is 2.69. The van der Waals surface area contributed by atoms with Gasteiger partial charge in [0.1, 0.15) is 0 Å². The molecule has 0 radical (unpaired) electrons. The lowest BCUT2D eigenvalue weighted by molar-refractivity contribution is 0.571. The zero-order valence-electron chi connectivity index (χ0n) is 5.91. The molecule has 0 aromatic heterocycles. The maximum Gasteiger partial charge on any atom is 0.0984 e. The van der Waals surface area contributed by atoms with Crippen molar-refractivity contribution in [1.82, 2.24) is 4.67 Å². The Hall–Kier alpha value is -0.450. The van der Waals surface area contributed by atoms with Crippen molar-refractivity contribution in [2.45, 2.75) is 0 Å². The number of nitrogens with zero attached hydrogens (tertiary/aromatic N) is 3. The van der Waals surface area contributed by atoms with E-state index in [-0.39, 0.29) is 5.92 Å². The van der Waals surface area contributed by atoms with Crippen LogP contribution in [0.2, 0.25) is 0 Å². The summed E-state index contributed by atoms with van der Waals surface area (Å²) in [5, 5.41) is 8.62. The van der Waals surface area contributed by atoms with E-state index in [0.29, 0.717) is 0 Å². The summed E-state index contributed by atoms with van der Waals surface area (Å²) in [5.41, 5.74) is 0.998. The van der Waals surface area contributed by atoms with E-state index >= 15 is 0 Å². The van der Waals surface area contributed by atoms with Crippen LogP contribution in [0.3, 0.4) is 0 Å². The summed E-state index contributed by atoms with van der Waals surface area (Å²) in [4.78, 5) is 4.03. The molecule has 0 saturated carbocycles. The molecular weight excluding hydrogens is 145 g/mol. The van der Waals surface area contributed by atoms with Crippen LogP contribution in [0.1, 0.15) is 0 Å². The predicted octanol–water partition coefficient (Wildman–Crippen LogP) is 0.303. The molecule has 3 nitrogen and oxygen atoms in total. The molecule has 0 amide bonds. The van der Waals surface area contributed by atoms with Crippen molar-refractivity contribution in [3.63, 3.8) is 0 Å². The van der Waals surface area contributed by atoms with Crippen molar-refractivity contribution in [3.05, 3.63) is 0 Å². The van der Waals surface area contributed by atoms with E-state index in [4.69, 9.17) is 5.26 Å². The van der Waals surface area contributed by atoms with Gasteiger partial charge in [-0.25, -0.2) is 0 Å². The van der Waals surface area contributed by atoms with Crippen molar-refractivity contribution >= 4 is 15.1 Å². The quantitative estimate of drug-likeness (QED) is 0.472. The van der Waals surface area contributed by atoms with Crippen LogP contribution in [0.25, 0.3) is 0 Å². The highest BCUT2D eigenvalue weighted by atomic mass is 31.0. The molecule has 1 aliphatic rings. The van der Waals surface area contributed by atoms with Gasteiger partial charge in [0.05, 0.1) is 12.0 Å². The largest absolute Gasteiger partial charge is 0.295 e. The Morgan fingerprint density at radius 2 is 2.60 bits per heavy atom. The molecule has 1 saturated heterocycles. The van der Waals surface area contributed by atoms with E-state index in [2.05, 4.69) is 20.5 Å². The maximum absolute atomic E-state index is 8.62. The van der Waals surface area contributed by atoms with Gasteiger partial charge in [-0.05, 0) is 0 Å². The molecule has 1 rings (SSSR count). The van der Waals surface area contributed by atoms with Gasteiger partial charge >= 0.3 is 0 Å². The summed E-state index contributed by atoms with van der Waals surface area (Å²) in [6, 6.07) is 2.21. The van der Waals surface area contributed by atoms with Gasteiger partial charge in [-0.1, -0.05) is 9.39 Å². The molecule has 2 unspecified atom stereocenters. The van der Waals surface area contributed by atoms with E-state index in [9.17, 15) is 0 Å². The third kappa shape index (κ3) is 1.34. The Bertz CT molecular complexity index is 194. The topological polar surface area (TPSA) is 39.4 Å². The fraction of sp³-hybridized carbons (Fsp3) is 0.667. The monoisotopic (exact) mass is 155 g/mol. The van der Waals surface area contributed by atoms with E-state index in [1.165, 1.54) is 0 Å². The van der Waals surface area contributed by atoms with Crippen molar-refractivity contribution in [2.75, 3.05) is 20.1 Å². The lowest BCUT2D eigenvalue weighted by Gasteiger charge is -2.00. The summed E-state index contributed by atoms with van der Waals surface area (Å²) < 4.78 is 2.02. The smallest absolute Gasteiger partial charge is 0.0984 e. The van der Waals surface area contributed by atoms with Crippen LogP contribution in [0, 0.1) is 17.2 Å². The molecule has 0 bridgehead atoms. The summed E-state index contributed by atoms with van der Waals surface area (Å²) in [7, 11) is 4.32. The first kappa shape index (κ1) is 7.65. The van der Waals surface area contributed by atoms with E-state index < -0.39 is 0 Å². The van der Waals surface area contributed by atoms with Crippen molar-refractivity contribution < 1.29 is 0 Å². The van der Waals surface area contributed by atoms with Gasteiger partial charge in [0, 0.05) is 25.8 Å². The number of hydrogen-bond acceptors (Lipinski definition) is 3. The highest BCUT2D eigenvalue weighted by Gasteiger charge is 2.25. The highest BCUT2D eigenvalue weighted by Crippen LogP contribution is 2.15. The lowest BCUT2D eigenvalue weighted by atomic mass is 10.1. The summed E-state index contributed by atoms with van der Waals surface area (Å²) in [6.07, 6.45) is 0. The minimum Gasteiger partial charge on any atom is -0.295 e. The van der Waals surface area contributed by atoms with Crippen LogP contribution in [0.4, 0.5) is 0 Å². The molecule has 0 aromatic rings. The average molecular weight is 155 g/mol. The fourth-order valence-electron chi connectivity index (χ4n) is 1.06. The standard InChI is InChI=1S/C6H10N3P/c1-8-6-4-9(10)3-5(6)2-7/h5H,3-4,10H2,1H3/b8-6+. The molecule has 1 fully saturated rings. The summed E-state index contributed by atoms with van der Waals surface area (Å²) in [6.45, 7) is 1.62. The van der Waals surface area contributed by atoms with Gasteiger partial charge in [0.25, 0.3) is 0 Å². The highest BCUT2D eigenvalue weighted by molar-refractivity contribution is 7.13.